The summed E-state index contributed by atoms with van der Waals surface area (Å²) in [4.78, 5) is 4.93. The zero-order valence-corrected chi connectivity index (χ0v) is 12.8. The van der Waals surface area contributed by atoms with Crippen LogP contribution in [0.15, 0.2) is 0 Å². The van der Waals surface area contributed by atoms with Crippen molar-refractivity contribution in [3.05, 3.63) is 0 Å². The van der Waals surface area contributed by atoms with Gasteiger partial charge in [0.15, 0.2) is 0 Å². The van der Waals surface area contributed by atoms with Gasteiger partial charge < -0.3 is 14.7 Å². The van der Waals surface area contributed by atoms with Crippen molar-refractivity contribution in [2.24, 2.45) is 11.8 Å². The minimum atomic E-state index is -0.206. The molecule has 0 aromatic heterocycles. The van der Waals surface area contributed by atoms with Gasteiger partial charge in [0.25, 0.3) is 0 Å². The van der Waals surface area contributed by atoms with Crippen LogP contribution in [0.2, 0.25) is 0 Å². The standard InChI is InChI=1S/C16H30N2O2/c1-13-4-6-17(7-5-13)10-15(19)11-18-8-9-20-12-16(18)14-2-3-14/h13-16,19H,2-12H2,1H3. The third-order valence-corrected chi connectivity index (χ3v) is 5.24. The molecular weight excluding hydrogens is 252 g/mol. The van der Waals surface area contributed by atoms with Gasteiger partial charge in [-0.3, -0.25) is 4.90 Å². The molecule has 0 amide bonds. The van der Waals surface area contributed by atoms with Gasteiger partial charge in [-0.1, -0.05) is 6.92 Å². The Morgan fingerprint density at radius 3 is 2.55 bits per heavy atom. The Bertz CT molecular complexity index is 301. The summed E-state index contributed by atoms with van der Waals surface area (Å²) in [5, 5.41) is 10.4. The highest BCUT2D eigenvalue weighted by Gasteiger charge is 2.37. The zero-order chi connectivity index (χ0) is 13.9. The molecule has 0 spiro atoms. The summed E-state index contributed by atoms with van der Waals surface area (Å²) in [7, 11) is 0. The maximum absolute atomic E-state index is 10.4. The van der Waals surface area contributed by atoms with Crippen LogP contribution >= 0.6 is 0 Å². The number of rotatable bonds is 5. The first kappa shape index (κ1) is 14.8. The Balaban J connectivity index is 1.43. The van der Waals surface area contributed by atoms with Crippen molar-refractivity contribution in [2.75, 3.05) is 45.9 Å². The number of aliphatic hydroxyl groups is 1. The van der Waals surface area contributed by atoms with Gasteiger partial charge in [0.05, 0.1) is 19.3 Å². The van der Waals surface area contributed by atoms with E-state index in [4.69, 9.17) is 4.74 Å². The molecule has 4 nitrogen and oxygen atoms in total. The maximum Gasteiger partial charge on any atom is 0.0793 e. The number of morpholine rings is 1. The second-order valence-corrected chi connectivity index (χ2v) is 7.11. The topological polar surface area (TPSA) is 35.9 Å². The van der Waals surface area contributed by atoms with E-state index in [0.717, 1.165) is 57.8 Å². The molecule has 2 aliphatic heterocycles. The first-order chi connectivity index (χ1) is 9.72. The lowest BCUT2D eigenvalue weighted by molar-refractivity contribution is -0.0388. The predicted octanol–water partition coefficient (Wildman–Crippen LogP) is 1.19. The third kappa shape index (κ3) is 3.94. The summed E-state index contributed by atoms with van der Waals surface area (Å²) in [5.74, 6) is 1.69. The second-order valence-electron chi connectivity index (χ2n) is 7.11. The van der Waals surface area contributed by atoms with Crippen molar-refractivity contribution in [3.8, 4) is 0 Å². The Morgan fingerprint density at radius 2 is 1.85 bits per heavy atom. The number of nitrogens with zero attached hydrogens (tertiary/aromatic N) is 2. The van der Waals surface area contributed by atoms with E-state index in [1.807, 2.05) is 0 Å². The SMILES string of the molecule is CC1CCN(CC(O)CN2CCOCC2C2CC2)CC1. The monoisotopic (exact) mass is 282 g/mol. The van der Waals surface area contributed by atoms with E-state index in [2.05, 4.69) is 16.7 Å². The Labute approximate surface area is 123 Å². The number of piperidine rings is 1. The van der Waals surface area contributed by atoms with Crippen LogP contribution in [0.3, 0.4) is 0 Å². The molecule has 0 radical (unpaired) electrons. The molecule has 1 saturated carbocycles. The molecule has 116 valence electrons. The average Bonchev–Trinajstić information content (AvgIpc) is 3.26. The number of ether oxygens (including phenoxy) is 1. The van der Waals surface area contributed by atoms with Crippen molar-refractivity contribution in [3.63, 3.8) is 0 Å². The molecule has 2 saturated heterocycles. The van der Waals surface area contributed by atoms with Crippen LogP contribution in [0.5, 0.6) is 0 Å². The van der Waals surface area contributed by atoms with Gasteiger partial charge in [-0.2, -0.15) is 0 Å². The summed E-state index contributed by atoms with van der Waals surface area (Å²) < 4.78 is 5.62. The average molecular weight is 282 g/mol. The van der Waals surface area contributed by atoms with Gasteiger partial charge in [-0.15, -0.1) is 0 Å². The minimum Gasteiger partial charge on any atom is -0.390 e. The molecular formula is C16H30N2O2. The van der Waals surface area contributed by atoms with Crippen LogP contribution in [-0.4, -0.2) is 73.0 Å². The van der Waals surface area contributed by atoms with E-state index < -0.39 is 0 Å². The molecule has 1 aliphatic carbocycles. The van der Waals surface area contributed by atoms with Crippen LogP contribution in [0.1, 0.15) is 32.6 Å². The Hall–Kier alpha value is -0.160. The van der Waals surface area contributed by atoms with E-state index >= 15 is 0 Å². The molecule has 0 aromatic carbocycles. The molecule has 3 fully saturated rings. The summed E-state index contributed by atoms with van der Waals surface area (Å²) in [6.45, 7) is 9.03. The predicted molar refractivity (Wildman–Crippen MR) is 79.7 cm³/mol. The molecule has 0 bridgehead atoms. The number of aliphatic hydroxyl groups excluding tert-OH is 1. The first-order valence-corrected chi connectivity index (χ1v) is 8.44. The fourth-order valence-electron chi connectivity index (χ4n) is 3.67. The summed E-state index contributed by atoms with van der Waals surface area (Å²) in [5.41, 5.74) is 0. The zero-order valence-electron chi connectivity index (χ0n) is 12.8. The van der Waals surface area contributed by atoms with Gasteiger partial charge in [0.2, 0.25) is 0 Å². The van der Waals surface area contributed by atoms with E-state index in [0.29, 0.717) is 6.04 Å². The van der Waals surface area contributed by atoms with Gasteiger partial charge in [0.1, 0.15) is 0 Å². The van der Waals surface area contributed by atoms with Crippen molar-refractivity contribution < 1.29 is 9.84 Å². The van der Waals surface area contributed by atoms with Crippen molar-refractivity contribution in [2.45, 2.75) is 44.8 Å². The number of hydrogen-bond donors (Lipinski definition) is 1. The smallest absolute Gasteiger partial charge is 0.0793 e. The van der Waals surface area contributed by atoms with Crippen LogP contribution < -0.4 is 0 Å². The maximum atomic E-state index is 10.4. The fourth-order valence-corrected chi connectivity index (χ4v) is 3.67. The summed E-state index contributed by atoms with van der Waals surface area (Å²) in [6, 6.07) is 0.569. The number of likely N-dealkylation sites (tertiary alicyclic amines) is 1. The third-order valence-electron chi connectivity index (χ3n) is 5.24. The highest BCUT2D eigenvalue weighted by Crippen LogP contribution is 2.36. The first-order valence-electron chi connectivity index (χ1n) is 8.44. The van der Waals surface area contributed by atoms with Crippen LogP contribution in [0, 0.1) is 11.8 Å². The lowest BCUT2D eigenvalue weighted by atomic mass is 9.99. The van der Waals surface area contributed by atoms with Crippen LogP contribution in [0.25, 0.3) is 0 Å². The van der Waals surface area contributed by atoms with Crippen molar-refractivity contribution >= 4 is 0 Å². The molecule has 3 aliphatic rings. The molecule has 4 heteroatoms. The molecule has 2 heterocycles. The lowest BCUT2D eigenvalue weighted by Gasteiger charge is -2.38. The van der Waals surface area contributed by atoms with Gasteiger partial charge in [-0.25, -0.2) is 0 Å². The molecule has 2 unspecified atom stereocenters. The summed E-state index contributed by atoms with van der Waals surface area (Å²) >= 11 is 0. The van der Waals surface area contributed by atoms with Crippen LogP contribution in [0.4, 0.5) is 0 Å². The number of hydrogen-bond acceptors (Lipinski definition) is 4. The number of β-amino-alcohol motifs (C(OH)–C–C–N with tert-alkyl or cyclic N) is 1. The van der Waals surface area contributed by atoms with Crippen molar-refractivity contribution in [1.82, 2.24) is 9.80 Å². The van der Waals surface area contributed by atoms with E-state index in [-0.39, 0.29) is 6.10 Å². The Morgan fingerprint density at radius 1 is 1.10 bits per heavy atom. The Kier molecular flexibility index (Phi) is 4.97. The normalized spacial score (nSPS) is 32.4. The highest BCUT2D eigenvalue weighted by molar-refractivity contribution is 4.91. The van der Waals surface area contributed by atoms with Crippen LogP contribution in [-0.2, 0) is 4.74 Å². The van der Waals surface area contributed by atoms with E-state index in [1.54, 1.807) is 0 Å². The molecule has 1 N–H and O–H groups in total. The summed E-state index contributed by atoms with van der Waals surface area (Å²) in [6.07, 6.45) is 5.07. The fraction of sp³-hybridized carbons (Fsp3) is 1.00. The van der Waals surface area contributed by atoms with E-state index in [9.17, 15) is 5.11 Å². The molecule has 0 aromatic rings. The van der Waals surface area contributed by atoms with Gasteiger partial charge in [-0.05, 0) is 50.6 Å². The van der Waals surface area contributed by atoms with Crippen molar-refractivity contribution in [1.29, 1.82) is 0 Å². The van der Waals surface area contributed by atoms with Gasteiger partial charge >= 0.3 is 0 Å². The van der Waals surface area contributed by atoms with E-state index in [1.165, 1.54) is 25.7 Å². The second kappa shape index (κ2) is 6.73. The lowest BCUT2D eigenvalue weighted by Crippen LogP contribution is -2.51. The molecule has 20 heavy (non-hydrogen) atoms. The largest absolute Gasteiger partial charge is 0.390 e. The minimum absolute atomic E-state index is 0.206. The van der Waals surface area contributed by atoms with Gasteiger partial charge in [0, 0.05) is 25.7 Å². The molecule has 2 atom stereocenters. The highest BCUT2D eigenvalue weighted by atomic mass is 16.5. The quantitative estimate of drug-likeness (QED) is 0.822. The molecule has 3 rings (SSSR count).